The van der Waals surface area contributed by atoms with Crippen LogP contribution < -0.4 is 0 Å². The van der Waals surface area contributed by atoms with Crippen LogP contribution in [0, 0.1) is 5.92 Å². The van der Waals surface area contributed by atoms with Crippen LogP contribution >= 0.6 is 0 Å². The van der Waals surface area contributed by atoms with Gasteiger partial charge in [0.25, 0.3) is 0 Å². The third kappa shape index (κ3) is 5.46. The zero-order valence-corrected chi connectivity index (χ0v) is 26.5. The maximum Gasteiger partial charge on any atom is 0.161 e. The van der Waals surface area contributed by atoms with Crippen molar-refractivity contribution in [1.29, 1.82) is 0 Å². The Kier molecular flexibility index (Phi) is 7.54. The molecule has 5 aromatic carbocycles. The van der Waals surface area contributed by atoms with Gasteiger partial charge in [0.05, 0.1) is 6.54 Å². The molecule has 0 N–H and O–H groups in total. The minimum absolute atomic E-state index is 0.513. The fraction of sp³-hybridized carbons (Fsp3) is 0.140. The van der Waals surface area contributed by atoms with E-state index in [0.29, 0.717) is 24.1 Å². The van der Waals surface area contributed by atoms with Crippen LogP contribution in [0.25, 0.3) is 49.9 Å². The molecule has 4 heteroatoms. The lowest BCUT2D eigenvalue weighted by Gasteiger charge is -2.18. The van der Waals surface area contributed by atoms with E-state index in [4.69, 9.17) is 14.4 Å². The number of nitrogens with zero attached hydrogens (tertiary/aromatic N) is 3. The van der Waals surface area contributed by atoms with Gasteiger partial charge in [-0.3, -0.25) is 4.99 Å². The molecule has 1 unspecified atom stereocenters. The largest absolute Gasteiger partial charge is 0.456 e. The van der Waals surface area contributed by atoms with Gasteiger partial charge < -0.3 is 4.42 Å². The number of rotatable bonds is 5. The molecule has 0 fully saturated rings. The Morgan fingerprint density at radius 2 is 1.72 bits per heavy atom. The van der Waals surface area contributed by atoms with E-state index in [-0.39, 0.29) is 0 Å². The molecule has 1 aromatic heterocycles. The minimum atomic E-state index is 0.513. The molecule has 0 aliphatic heterocycles. The molecule has 228 valence electrons. The van der Waals surface area contributed by atoms with E-state index in [1.165, 1.54) is 33.0 Å². The van der Waals surface area contributed by atoms with Crippen molar-refractivity contribution < 1.29 is 4.42 Å². The molecule has 0 radical (unpaired) electrons. The van der Waals surface area contributed by atoms with Crippen molar-refractivity contribution in [1.82, 2.24) is 0 Å². The summed E-state index contributed by atoms with van der Waals surface area (Å²) >= 11 is 0. The van der Waals surface area contributed by atoms with E-state index in [2.05, 4.69) is 104 Å². The van der Waals surface area contributed by atoms with E-state index in [1.807, 2.05) is 42.5 Å². The molecule has 2 aliphatic carbocycles. The molecule has 4 nitrogen and oxygen atoms in total. The lowest BCUT2D eigenvalue weighted by Crippen LogP contribution is -2.07. The van der Waals surface area contributed by atoms with Gasteiger partial charge >= 0.3 is 0 Å². The maximum absolute atomic E-state index is 6.41. The lowest BCUT2D eigenvalue weighted by atomic mass is 9.85. The molecule has 0 saturated carbocycles. The standard InChI is InChI=1S/C43H35N3O/c1-28-19-21-29(22-20-28)27-45-42(30-11-4-3-5-12-30)46-43(44-2)36-17-10-18-40-41(36)38-26-32(23-24-39(38)47-40)37-25-31-13-6-7-14-33(31)34-15-8-9-16-35(34)37/h3-7,9-14,16-19,21-26,28H,2,8,15,20,27H2,1H3. The smallest absolute Gasteiger partial charge is 0.161 e. The summed E-state index contributed by atoms with van der Waals surface area (Å²) in [5.41, 5.74) is 9.72. The Bertz CT molecular complexity index is 2330. The molecule has 0 amide bonds. The van der Waals surface area contributed by atoms with Crippen LogP contribution in [0.5, 0.6) is 0 Å². The van der Waals surface area contributed by atoms with Gasteiger partial charge in [-0.2, -0.15) is 0 Å². The van der Waals surface area contributed by atoms with Crippen LogP contribution in [0.2, 0.25) is 0 Å². The number of allylic oxidation sites excluding steroid dienone is 3. The van der Waals surface area contributed by atoms with Gasteiger partial charge in [-0.25, -0.2) is 9.98 Å². The first-order valence-electron chi connectivity index (χ1n) is 16.4. The maximum atomic E-state index is 6.41. The van der Waals surface area contributed by atoms with Crippen molar-refractivity contribution in [2.45, 2.75) is 26.2 Å². The summed E-state index contributed by atoms with van der Waals surface area (Å²) < 4.78 is 6.41. The molecular formula is C43H35N3O. The number of amidine groups is 2. The Morgan fingerprint density at radius 1 is 0.851 bits per heavy atom. The predicted molar refractivity (Wildman–Crippen MR) is 199 cm³/mol. The Balaban J connectivity index is 1.28. The second kappa shape index (κ2) is 12.3. The number of aryl methyl sites for hydroxylation is 1. The Morgan fingerprint density at radius 3 is 2.57 bits per heavy atom. The number of fused-ring (bicyclic) bond motifs is 6. The summed E-state index contributed by atoms with van der Waals surface area (Å²) in [7, 11) is 0. The molecule has 8 rings (SSSR count). The SMILES string of the molecule is C=NC(=NC(=NCC1=CCC(C)C=C1)c1ccccc1)c1cccc2oc3ccc(-c4cc5ccccc5c5c4C=CCC5)cc3c12. The number of furan rings is 1. The summed E-state index contributed by atoms with van der Waals surface area (Å²) in [6.07, 6.45) is 14.4. The fourth-order valence-corrected chi connectivity index (χ4v) is 6.86. The average Bonchev–Trinajstić information content (AvgIpc) is 3.51. The summed E-state index contributed by atoms with van der Waals surface area (Å²) in [4.78, 5) is 14.6. The first-order chi connectivity index (χ1) is 23.2. The summed E-state index contributed by atoms with van der Waals surface area (Å²) in [5.74, 6) is 1.69. The van der Waals surface area contributed by atoms with Gasteiger partial charge in [0, 0.05) is 21.9 Å². The molecule has 1 heterocycles. The summed E-state index contributed by atoms with van der Waals surface area (Å²) in [6.45, 7) is 6.74. The first kappa shape index (κ1) is 28.8. The minimum Gasteiger partial charge on any atom is -0.456 e. The van der Waals surface area contributed by atoms with Crippen molar-refractivity contribution >= 4 is 57.2 Å². The van der Waals surface area contributed by atoms with Gasteiger partial charge in [-0.1, -0.05) is 110 Å². The molecule has 6 aromatic rings. The van der Waals surface area contributed by atoms with E-state index in [9.17, 15) is 0 Å². The number of hydrogen-bond donors (Lipinski definition) is 0. The summed E-state index contributed by atoms with van der Waals surface area (Å²) in [6, 6.07) is 33.7. The van der Waals surface area contributed by atoms with E-state index < -0.39 is 0 Å². The average molecular weight is 610 g/mol. The highest BCUT2D eigenvalue weighted by Crippen LogP contribution is 2.40. The topological polar surface area (TPSA) is 50.2 Å². The highest BCUT2D eigenvalue weighted by Gasteiger charge is 2.19. The van der Waals surface area contributed by atoms with Gasteiger partial charge in [0.15, 0.2) is 11.7 Å². The third-order valence-corrected chi connectivity index (χ3v) is 9.29. The fourth-order valence-electron chi connectivity index (χ4n) is 6.86. The van der Waals surface area contributed by atoms with E-state index >= 15 is 0 Å². The Labute approximate surface area is 274 Å². The monoisotopic (exact) mass is 609 g/mol. The molecule has 2 aliphatic rings. The van der Waals surface area contributed by atoms with Gasteiger partial charge in [-0.05, 0) is 94.8 Å². The van der Waals surface area contributed by atoms with Crippen LogP contribution in [0.4, 0.5) is 0 Å². The van der Waals surface area contributed by atoms with Crippen molar-refractivity contribution in [3.8, 4) is 11.1 Å². The van der Waals surface area contributed by atoms with Crippen LogP contribution in [0.1, 0.15) is 42.0 Å². The van der Waals surface area contributed by atoms with Crippen molar-refractivity contribution in [2.24, 2.45) is 20.9 Å². The zero-order chi connectivity index (χ0) is 31.7. The van der Waals surface area contributed by atoms with Crippen LogP contribution in [0.15, 0.2) is 146 Å². The number of aliphatic imine (C=N–C) groups is 3. The number of benzene rings is 5. The van der Waals surface area contributed by atoms with Crippen LogP contribution in [-0.2, 0) is 6.42 Å². The highest BCUT2D eigenvalue weighted by molar-refractivity contribution is 6.22. The molecule has 0 spiro atoms. The molecular weight excluding hydrogens is 574 g/mol. The first-order valence-corrected chi connectivity index (χ1v) is 16.4. The third-order valence-electron chi connectivity index (χ3n) is 9.29. The molecule has 0 saturated heterocycles. The zero-order valence-electron chi connectivity index (χ0n) is 26.5. The van der Waals surface area contributed by atoms with E-state index in [0.717, 1.165) is 57.9 Å². The predicted octanol–water partition coefficient (Wildman–Crippen LogP) is 10.8. The summed E-state index contributed by atoms with van der Waals surface area (Å²) in [5, 5.41) is 4.60. The van der Waals surface area contributed by atoms with Gasteiger partial charge in [0.1, 0.15) is 11.2 Å². The second-order valence-corrected chi connectivity index (χ2v) is 12.4. The lowest BCUT2D eigenvalue weighted by molar-refractivity contribution is 0.669. The van der Waals surface area contributed by atoms with Crippen LogP contribution in [0.3, 0.4) is 0 Å². The number of hydrogen-bond acceptors (Lipinski definition) is 2. The van der Waals surface area contributed by atoms with Gasteiger partial charge in [-0.15, -0.1) is 0 Å². The van der Waals surface area contributed by atoms with Crippen molar-refractivity contribution in [3.63, 3.8) is 0 Å². The van der Waals surface area contributed by atoms with Gasteiger partial charge in [0.2, 0.25) is 0 Å². The Hall–Kier alpha value is -5.61. The quantitative estimate of drug-likeness (QED) is 0.142. The molecule has 47 heavy (non-hydrogen) atoms. The highest BCUT2D eigenvalue weighted by atomic mass is 16.3. The van der Waals surface area contributed by atoms with Crippen LogP contribution in [-0.4, -0.2) is 24.9 Å². The van der Waals surface area contributed by atoms with E-state index in [1.54, 1.807) is 0 Å². The molecule has 1 atom stereocenters. The van der Waals surface area contributed by atoms with Crippen molar-refractivity contribution in [2.75, 3.05) is 6.54 Å². The normalized spacial score (nSPS) is 16.5. The second-order valence-electron chi connectivity index (χ2n) is 12.4. The molecule has 0 bridgehead atoms. The van der Waals surface area contributed by atoms with Crippen molar-refractivity contribution in [3.05, 3.63) is 149 Å².